The molecule has 2 aromatic rings. The van der Waals surface area contributed by atoms with Crippen molar-refractivity contribution in [1.82, 2.24) is 0 Å². The largest absolute Gasteiger partial charge is 0.508 e. The molecule has 0 heterocycles. The van der Waals surface area contributed by atoms with Gasteiger partial charge in [0.25, 0.3) is 0 Å². The minimum Gasteiger partial charge on any atom is -0.508 e. The summed E-state index contributed by atoms with van der Waals surface area (Å²) in [6.07, 6.45) is 11.9. The Kier molecular flexibility index (Phi) is 8.53. The predicted octanol–water partition coefficient (Wildman–Crippen LogP) is 6.62. The third-order valence-electron chi connectivity index (χ3n) is 5.12. The zero-order valence-electron chi connectivity index (χ0n) is 16.4. The third kappa shape index (κ3) is 7.11. The van der Waals surface area contributed by atoms with Crippen molar-refractivity contribution in [1.29, 1.82) is 0 Å². The molecule has 0 saturated heterocycles. The van der Waals surface area contributed by atoms with Gasteiger partial charge < -0.3 is 10.2 Å². The van der Waals surface area contributed by atoms with E-state index in [1.807, 2.05) is 26.0 Å². The fourth-order valence-corrected chi connectivity index (χ4v) is 3.46. The lowest BCUT2D eigenvalue weighted by Gasteiger charge is -2.07. The minimum absolute atomic E-state index is 0.449. The van der Waals surface area contributed by atoms with Crippen LogP contribution in [0.15, 0.2) is 36.4 Å². The van der Waals surface area contributed by atoms with E-state index in [0.717, 1.165) is 47.9 Å². The number of hydrogen-bond donors (Lipinski definition) is 2. The van der Waals surface area contributed by atoms with Crippen LogP contribution in [0.2, 0.25) is 0 Å². The van der Waals surface area contributed by atoms with E-state index in [2.05, 4.69) is 24.3 Å². The molecule has 2 heteroatoms. The number of phenols is 2. The van der Waals surface area contributed by atoms with Crippen molar-refractivity contribution < 1.29 is 10.2 Å². The van der Waals surface area contributed by atoms with Gasteiger partial charge in [0.05, 0.1) is 0 Å². The van der Waals surface area contributed by atoms with Crippen LogP contribution in [0.4, 0.5) is 0 Å². The molecular formula is C24H34O2. The Hall–Kier alpha value is -1.96. The Balaban J connectivity index is 1.47. The van der Waals surface area contributed by atoms with Crippen molar-refractivity contribution in [3.63, 3.8) is 0 Å². The quantitative estimate of drug-likeness (QED) is 0.445. The Labute approximate surface area is 158 Å². The summed E-state index contributed by atoms with van der Waals surface area (Å²) in [6, 6.07) is 12.0. The molecule has 26 heavy (non-hydrogen) atoms. The van der Waals surface area contributed by atoms with Crippen molar-refractivity contribution in [3.05, 3.63) is 58.7 Å². The zero-order valence-corrected chi connectivity index (χ0v) is 16.4. The lowest BCUT2D eigenvalue weighted by molar-refractivity contribution is 0.464. The highest BCUT2D eigenvalue weighted by Gasteiger charge is 2.02. The molecule has 0 fully saturated rings. The number of aryl methyl sites for hydroxylation is 4. The second-order valence-electron chi connectivity index (χ2n) is 7.59. The maximum Gasteiger partial charge on any atom is 0.119 e. The standard InChI is InChI=1S/C24H34O2/c1-19-13-15-21(23(25)17-19)11-9-7-5-3-4-6-8-10-12-22-16-14-20(2)18-24(22)26/h13-18,25-26H,3-12H2,1-2H3. The first-order valence-electron chi connectivity index (χ1n) is 10.1. The number of benzene rings is 2. The smallest absolute Gasteiger partial charge is 0.119 e. The van der Waals surface area contributed by atoms with Crippen LogP contribution < -0.4 is 0 Å². The van der Waals surface area contributed by atoms with E-state index >= 15 is 0 Å². The average molecular weight is 355 g/mol. The molecular weight excluding hydrogens is 320 g/mol. The number of aromatic hydroxyl groups is 2. The van der Waals surface area contributed by atoms with E-state index in [1.165, 1.54) is 38.5 Å². The highest BCUT2D eigenvalue weighted by Crippen LogP contribution is 2.22. The molecule has 0 unspecified atom stereocenters. The second kappa shape index (κ2) is 10.9. The molecule has 142 valence electrons. The van der Waals surface area contributed by atoms with Crippen LogP contribution >= 0.6 is 0 Å². The Bertz CT molecular complexity index is 616. The lowest BCUT2D eigenvalue weighted by Crippen LogP contribution is -1.89. The molecule has 0 aliphatic carbocycles. The van der Waals surface area contributed by atoms with Crippen LogP contribution in [0.25, 0.3) is 0 Å². The van der Waals surface area contributed by atoms with Crippen molar-refractivity contribution in [2.75, 3.05) is 0 Å². The molecule has 0 spiro atoms. The maximum atomic E-state index is 9.91. The maximum absolute atomic E-state index is 9.91. The first kappa shape index (κ1) is 20.4. The first-order chi connectivity index (χ1) is 12.6. The normalized spacial score (nSPS) is 11.0. The average Bonchev–Trinajstić information content (AvgIpc) is 2.59. The van der Waals surface area contributed by atoms with Crippen LogP contribution in [0, 0.1) is 13.8 Å². The van der Waals surface area contributed by atoms with Gasteiger partial charge in [-0.05, 0) is 73.9 Å². The zero-order chi connectivity index (χ0) is 18.8. The number of unbranched alkanes of at least 4 members (excludes halogenated alkanes) is 7. The number of hydrogen-bond acceptors (Lipinski definition) is 2. The second-order valence-corrected chi connectivity index (χ2v) is 7.59. The van der Waals surface area contributed by atoms with Crippen molar-refractivity contribution >= 4 is 0 Å². The fourth-order valence-electron chi connectivity index (χ4n) is 3.46. The SMILES string of the molecule is Cc1ccc(CCCCCCCCCCc2ccc(C)cc2O)c(O)c1. The molecule has 2 aromatic carbocycles. The Morgan fingerprint density at radius 1 is 0.538 bits per heavy atom. The number of rotatable bonds is 11. The van der Waals surface area contributed by atoms with Crippen LogP contribution in [0.1, 0.15) is 73.6 Å². The summed E-state index contributed by atoms with van der Waals surface area (Å²) in [5, 5.41) is 19.8. The first-order valence-corrected chi connectivity index (χ1v) is 10.1. The molecule has 0 aliphatic heterocycles. The van der Waals surface area contributed by atoms with Gasteiger partial charge in [0.1, 0.15) is 11.5 Å². The summed E-state index contributed by atoms with van der Waals surface area (Å²) in [6.45, 7) is 4.01. The lowest BCUT2D eigenvalue weighted by atomic mass is 10.0. The van der Waals surface area contributed by atoms with Crippen molar-refractivity contribution in [2.24, 2.45) is 0 Å². The highest BCUT2D eigenvalue weighted by molar-refractivity contribution is 5.36. The van der Waals surface area contributed by atoms with Gasteiger partial charge in [-0.15, -0.1) is 0 Å². The molecule has 2 N–H and O–H groups in total. The molecule has 0 aromatic heterocycles. The van der Waals surface area contributed by atoms with E-state index in [9.17, 15) is 10.2 Å². The van der Waals surface area contributed by atoms with E-state index in [1.54, 1.807) is 0 Å². The molecule has 0 aliphatic rings. The van der Waals surface area contributed by atoms with Crippen molar-refractivity contribution in [2.45, 2.75) is 78.1 Å². The molecule has 0 bridgehead atoms. The van der Waals surface area contributed by atoms with Gasteiger partial charge in [0, 0.05) is 0 Å². The topological polar surface area (TPSA) is 40.5 Å². The van der Waals surface area contributed by atoms with Gasteiger partial charge in [0.15, 0.2) is 0 Å². The predicted molar refractivity (Wildman–Crippen MR) is 110 cm³/mol. The third-order valence-corrected chi connectivity index (χ3v) is 5.12. The summed E-state index contributed by atoms with van der Waals surface area (Å²) in [7, 11) is 0. The summed E-state index contributed by atoms with van der Waals surface area (Å²) in [4.78, 5) is 0. The molecule has 0 amide bonds. The highest BCUT2D eigenvalue weighted by atomic mass is 16.3. The molecule has 2 rings (SSSR count). The van der Waals surface area contributed by atoms with E-state index in [0.29, 0.717) is 11.5 Å². The van der Waals surface area contributed by atoms with Gasteiger partial charge in [-0.2, -0.15) is 0 Å². The van der Waals surface area contributed by atoms with Crippen LogP contribution in [-0.2, 0) is 12.8 Å². The molecule has 0 saturated carbocycles. The van der Waals surface area contributed by atoms with Gasteiger partial charge in [-0.25, -0.2) is 0 Å². The van der Waals surface area contributed by atoms with E-state index in [4.69, 9.17) is 0 Å². The van der Waals surface area contributed by atoms with E-state index in [-0.39, 0.29) is 0 Å². The Morgan fingerprint density at radius 3 is 1.23 bits per heavy atom. The molecule has 0 radical (unpaired) electrons. The van der Waals surface area contributed by atoms with E-state index < -0.39 is 0 Å². The summed E-state index contributed by atoms with van der Waals surface area (Å²) >= 11 is 0. The van der Waals surface area contributed by atoms with Crippen LogP contribution in [0.3, 0.4) is 0 Å². The van der Waals surface area contributed by atoms with Gasteiger partial charge in [0.2, 0.25) is 0 Å². The van der Waals surface area contributed by atoms with Gasteiger partial charge in [-0.1, -0.05) is 62.8 Å². The van der Waals surface area contributed by atoms with Crippen LogP contribution in [0.5, 0.6) is 11.5 Å². The summed E-state index contributed by atoms with van der Waals surface area (Å²) in [5.74, 6) is 0.897. The minimum atomic E-state index is 0.449. The number of phenolic OH excluding ortho intramolecular Hbond substituents is 2. The van der Waals surface area contributed by atoms with Gasteiger partial charge in [-0.3, -0.25) is 0 Å². The Morgan fingerprint density at radius 2 is 0.885 bits per heavy atom. The van der Waals surface area contributed by atoms with Crippen molar-refractivity contribution in [3.8, 4) is 11.5 Å². The monoisotopic (exact) mass is 354 g/mol. The fraction of sp³-hybridized carbons (Fsp3) is 0.500. The van der Waals surface area contributed by atoms with Crippen LogP contribution in [-0.4, -0.2) is 10.2 Å². The molecule has 0 atom stereocenters. The summed E-state index contributed by atoms with van der Waals surface area (Å²) < 4.78 is 0. The van der Waals surface area contributed by atoms with Gasteiger partial charge >= 0.3 is 0 Å². The molecule has 2 nitrogen and oxygen atoms in total. The summed E-state index contributed by atoms with van der Waals surface area (Å²) in [5.41, 5.74) is 4.39.